The Labute approximate surface area is 150 Å². The van der Waals surface area contributed by atoms with Crippen molar-refractivity contribution >= 4 is 0 Å². The van der Waals surface area contributed by atoms with Gasteiger partial charge in [0.15, 0.2) is 0 Å². The van der Waals surface area contributed by atoms with Crippen molar-refractivity contribution in [3.63, 3.8) is 0 Å². The van der Waals surface area contributed by atoms with E-state index in [4.69, 9.17) is 9.84 Å². The lowest BCUT2D eigenvalue weighted by molar-refractivity contribution is 0.0429. The lowest BCUT2D eigenvalue weighted by Gasteiger charge is -2.34. The van der Waals surface area contributed by atoms with E-state index >= 15 is 0 Å². The van der Waals surface area contributed by atoms with E-state index in [0.717, 1.165) is 39.3 Å². The van der Waals surface area contributed by atoms with Crippen LogP contribution in [0.3, 0.4) is 0 Å². The molecule has 1 N–H and O–H groups in total. The first-order chi connectivity index (χ1) is 12.4. The highest BCUT2D eigenvalue weighted by Gasteiger charge is 2.18. The van der Waals surface area contributed by atoms with Gasteiger partial charge in [0.25, 0.3) is 0 Å². The molecule has 0 aromatic heterocycles. The molecule has 25 heavy (non-hydrogen) atoms. The van der Waals surface area contributed by atoms with Crippen LogP contribution in [0, 0.1) is 0 Å². The van der Waals surface area contributed by atoms with E-state index < -0.39 is 0 Å². The average molecular weight is 340 g/mol. The van der Waals surface area contributed by atoms with Crippen LogP contribution in [0.2, 0.25) is 0 Å². The van der Waals surface area contributed by atoms with Gasteiger partial charge in [-0.2, -0.15) is 0 Å². The van der Waals surface area contributed by atoms with E-state index in [1.165, 1.54) is 11.1 Å². The first-order valence-corrected chi connectivity index (χ1v) is 9.14. The summed E-state index contributed by atoms with van der Waals surface area (Å²) >= 11 is 0. The lowest BCUT2D eigenvalue weighted by Crippen LogP contribution is -2.48. The van der Waals surface area contributed by atoms with Gasteiger partial charge in [0.1, 0.15) is 6.10 Å². The van der Waals surface area contributed by atoms with Crippen LogP contribution in [0.4, 0.5) is 0 Å². The highest BCUT2D eigenvalue weighted by atomic mass is 16.5. The first-order valence-electron chi connectivity index (χ1n) is 9.14. The quantitative estimate of drug-likeness (QED) is 0.800. The molecule has 3 rings (SSSR count). The van der Waals surface area contributed by atoms with Crippen molar-refractivity contribution in [3.05, 3.63) is 71.8 Å². The Balaban J connectivity index is 1.54. The second-order valence-electron chi connectivity index (χ2n) is 6.48. The summed E-state index contributed by atoms with van der Waals surface area (Å²) in [7, 11) is 0. The van der Waals surface area contributed by atoms with E-state index in [2.05, 4.69) is 58.3 Å². The van der Waals surface area contributed by atoms with Gasteiger partial charge in [-0.25, -0.2) is 0 Å². The van der Waals surface area contributed by atoms with Crippen molar-refractivity contribution in [2.75, 3.05) is 52.5 Å². The molecular weight excluding hydrogens is 312 g/mol. The van der Waals surface area contributed by atoms with Gasteiger partial charge in [0.05, 0.1) is 13.2 Å². The molecule has 2 aromatic carbocycles. The van der Waals surface area contributed by atoms with Crippen LogP contribution in [-0.4, -0.2) is 67.4 Å². The van der Waals surface area contributed by atoms with Crippen LogP contribution in [0.5, 0.6) is 0 Å². The Morgan fingerprint density at radius 3 is 1.72 bits per heavy atom. The molecule has 2 aromatic rings. The first kappa shape index (κ1) is 18.1. The number of β-amino-alcohol motifs (C(OH)–C–C–N with tert-alkyl or cyclic N) is 1. The van der Waals surface area contributed by atoms with E-state index in [9.17, 15) is 0 Å². The molecule has 0 amide bonds. The fourth-order valence-corrected chi connectivity index (χ4v) is 3.32. The number of benzene rings is 2. The molecule has 4 heteroatoms. The third-order valence-electron chi connectivity index (χ3n) is 4.78. The van der Waals surface area contributed by atoms with Gasteiger partial charge < -0.3 is 9.84 Å². The van der Waals surface area contributed by atoms with Crippen LogP contribution in [0.15, 0.2) is 60.7 Å². The van der Waals surface area contributed by atoms with Gasteiger partial charge in [0, 0.05) is 39.3 Å². The molecule has 4 nitrogen and oxygen atoms in total. The number of rotatable bonds is 8. The summed E-state index contributed by atoms with van der Waals surface area (Å²) in [5, 5.41) is 9.03. The Morgan fingerprint density at radius 2 is 1.24 bits per heavy atom. The van der Waals surface area contributed by atoms with Gasteiger partial charge >= 0.3 is 0 Å². The predicted molar refractivity (Wildman–Crippen MR) is 101 cm³/mol. The fourth-order valence-electron chi connectivity index (χ4n) is 3.32. The molecule has 1 saturated heterocycles. The second kappa shape index (κ2) is 9.68. The van der Waals surface area contributed by atoms with Gasteiger partial charge in [0.2, 0.25) is 0 Å². The summed E-state index contributed by atoms with van der Waals surface area (Å²) in [6, 6.07) is 20.9. The van der Waals surface area contributed by atoms with E-state index in [-0.39, 0.29) is 12.7 Å². The monoisotopic (exact) mass is 340 g/mol. The zero-order valence-electron chi connectivity index (χ0n) is 14.8. The average Bonchev–Trinajstić information content (AvgIpc) is 2.68. The number of aliphatic hydroxyl groups excluding tert-OH is 1. The van der Waals surface area contributed by atoms with Crippen molar-refractivity contribution in [2.24, 2.45) is 0 Å². The van der Waals surface area contributed by atoms with Crippen molar-refractivity contribution in [3.8, 4) is 0 Å². The maximum atomic E-state index is 9.03. The molecular formula is C21H28N2O2. The number of hydrogen-bond acceptors (Lipinski definition) is 4. The summed E-state index contributed by atoms with van der Waals surface area (Å²) in [6.45, 7) is 6.85. The largest absolute Gasteiger partial charge is 0.395 e. The maximum absolute atomic E-state index is 9.03. The molecule has 0 aliphatic carbocycles. The molecule has 1 heterocycles. The lowest BCUT2D eigenvalue weighted by atomic mass is 10.0. The van der Waals surface area contributed by atoms with Gasteiger partial charge in [-0.15, -0.1) is 0 Å². The number of ether oxygens (including phenoxy) is 1. The van der Waals surface area contributed by atoms with Crippen molar-refractivity contribution in [1.82, 2.24) is 9.80 Å². The topological polar surface area (TPSA) is 35.9 Å². The van der Waals surface area contributed by atoms with Crippen LogP contribution in [-0.2, 0) is 4.74 Å². The Morgan fingerprint density at radius 1 is 0.760 bits per heavy atom. The van der Waals surface area contributed by atoms with Crippen LogP contribution < -0.4 is 0 Å². The summed E-state index contributed by atoms with van der Waals surface area (Å²) in [6.07, 6.45) is -0.0157. The van der Waals surface area contributed by atoms with E-state index in [1.54, 1.807) is 0 Å². The zero-order valence-corrected chi connectivity index (χ0v) is 14.8. The van der Waals surface area contributed by atoms with Gasteiger partial charge in [-0.05, 0) is 11.1 Å². The number of piperazine rings is 1. The minimum atomic E-state index is -0.0157. The highest BCUT2D eigenvalue weighted by Crippen LogP contribution is 2.25. The van der Waals surface area contributed by atoms with Crippen LogP contribution >= 0.6 is 0 Å². The van der Waals surface area contributed by atoms with Crippen LogP contribution in [0.1, 0.15) is 17.2 Å². The van der Waals surface area contributed by atoms with Crippen molar-refractivity contribution < 1.29 is 9.84 Å². The Bertz CT molecular complexity index is 558. The molecule has 0 atom stereocenters. The zero-order chi connectivity index (χ0) is 17.3. The Kier molecular flexibility index (Phi) is 7.00. The Hall–Kier alpha value is -1.72. The molecule has 0 saturated carbocycles. The minimum Gasteiger partial charge on any atom is -0.395 e. The van der Waals surface area contributed by atoms with Crippen molar-refractivity contribution in [2.45, 2.75) is 6.10 Å². The minimum absolute atomic E-state index is 0.0157. The van der Waals surface area contributed by atoms with E-state index in [1.807, 2.05) is 12.1 Å². The third kappa shape index (κ3) is 5.38. The van der Waals surface area contributed by atoms with E-state index in [0.29, 0.717) is 6.61 Å². The molecule has 1 aliphatic heterocycles. The predicted octanol–water partition coefficient (Wildman–Crippen LogP) is 2.40. The number of aliphatic hydroxyl groups is 1. The molecule has 0 spiro atoms. The molecule has 0 bridgehead atoms. The van der Waals surface area contributed by atoms with Crippen LogP contribution in [0.25, 0.3) is 0 Å². The standard InChI is InChI=1S/C21H28N2O2/c24-17-15-22-11-13-23(14-12-22)16-18-25-21(19-7-3-1-4-8-19)20-9-5-2-6-10-20/h1-10,21,24H,11-18H2. The molecule has 0 radical (unpaired) electrons. The SMILES string of the molecule is OCCN1CCN(CCOC(c2ccccc2)c2ccccc2)CC1. The summed E-state index contributed by atoms with van der Waals surface area (Å²) in [4.78, 5) is 4.76. The summed E-state index contributed by atoms with van der Waals surface area (Å²) in [5.41, 5.74) is 2.39. The normalized spacial score (nSPS) is 16.4. The van der Waals surface area contributed by atoms with Crippen molar-refractivity contribution in [1.29, 1.82) is 0 Å². The summed E-state index contributed by atoms with van der Waals surface area (Å²) < 4.78 is 6.30. The molecule has 1 fully saturated rings. The van der Waals surface area contributed by atoms with Gasteiger partial charge in [-0.1, -0.05) is 60.7 Å². The summed E-state index contributed by atoms with van der Waals surface area (Å²) in [5.74, 6) is 0. The fraction of sp³-hybridized carbons (Fsp3) is 0.429. The highest BCUT2D eigenvalue weighted by molar-refractivity contribution is 5.29. The third-order valence-corrected chi connectivity index (χ3v) is 4.78. The molecule has 134 valence electrons. The number of hydrogen-bond donors (Lipinski definition) is 1. The second-order valence-corrected chi connectivity index (χ2v) is 6.48. The molecule has 1 aliphatic rings. The van der Waals surface area contributed by atoms with Gasteiger partial charge in [-0.3, -0.25) is 9.80 Å². The number of nitrogens with zero attached hydrogens (tertiary/aromatic N) is 2. The molecule has 0 unspecified atom stereocenters. The smallest absolute Gasteiger partial charge is 0.108 e. The maximum Gasteiger partial charge on any atom is 0.108 e.